The molecule has 1 aromatic carbocycles. The Balaban J connectivity index is 2.41. The lowest BCUT2D eigenvalue weighted by atomic mass is 10.1. The van der Waals surface area contributed by atoms with Gasteiger partial charge in [0.25, 0.3) is 0 Å². The standard InChI is InChI=1S/C14H20N2O4/c1-3-20-9-10(2)16-14(19)15-8-11-5-4-6-12(7-11)13(17)18/h4-7,10H,3,8-9H2,1-2H3,(H,17,18)(H2,15,16,19). The summed E-state index contributed by atoms with van der Waals surface area (Å²) in [4.78, 5) is 22.4. The summed E-state index contributed by atoms with van der Waals surface area (Å²) < 4.78 is 5.19. The van der Waals surface area contributed by atoms with Crippen molar-refractivity contribution in [2.75, 3.05) is 13.2 Å². The topological polar surface area (TPSA) is 87.7 Å². The number of benzene rings is 1. The van der Waals surface area contributed by atoms with E-state index in [9.17, 15) is 9.59 Å². The van der Waals surface area contributed by atoms with Crippen LogP contribution in [0.2, 0.25) is 0 Å². The number of carbonyl (C=O) groups excluding carboxylic acids is 1. The Labute approximate surface area is 118 Å². The number of amides is 2. The van der Waals surface area contributed by atoms with Crippen molar-refractivity contribution in [2.45, 2.75) is 26.4 Å². The molecule has 2 amide bonds. The highest BCUT2D eigenvalue weighted by molar-refractivity contribution is 5.87. The van der Waals surface area contributed by atoms with Gasteiger partial charge in [0, 0.05) is 13.2 Å². The third-order valence-corrected chi connectivity index (χ3v) is 2.58. The van der Waals surface area contributed by atoms with Gasteiger partial charge in [0.2, 0.25) is 0 Å². The van der Waals surface area contributed by atoms with Crippen molar-refractivity contribution in [1.29, 1.82) is 0 Å². The van der Waals surface area contributed by atoms with E-state index < -0.39 is 5.97 Å². The molecule has 1 aromatic rings. The fourth-order valence-electron chi connectivity index (χ4n) is 1.61. The van der Waals surface area contributed by atoms with E-state index >= 15 is 0 Å². The third kappa shape index (κ3) is 5.71. The minimum absolute atomic E-state index is 0.0831. The molecule has 6 heteroatoms. The van der Waals surface area contributed by atoms with E-state index in [1.54, 1.807) is 12.1 Å². The Hall–Kier alpha value is -2.08. The number of urea groups is 1. The number of nitrogens with one attached hydrogen (secondary N) is 2. The van der Waals surface area contributed by atoms with Gasteiger partial charge in [-0.15, -0.1) is 0 Å². The van der Waals surface area contributed by atoms with Crippen LogP contribution in [0, 0.1) is 0 Å². The number of rotatable bonds is 7. The number of aromatic carboxylic acids is 1. The average Bonchev–Trinajstić information content (AvgIpc) is 2.43. The quantitative estimate of drug-likeness (QED) is 0.708. The first kappa shape index (κ1) is 16.0. The van der Waals surface area contributed by atoms with Crippen LogP contribution in [-0.2, 0) is 11.3 Å². The highest BCUT2D eigenvalue weighted by atomic mass is 16.5. The zero-order chi connectivity index (χ0) is 15.0. The lowest BCUT2D eigenvalue weighted by molar-refractivity contribution is 0.0696. The number of ether oxygens (including phenoxy) is 1. The Kier molecular flexibility index (Phi) is 6.52. The minimum Gasteiger partial charge on any atom is -0.478 e. The summed E-state index contributed by atoms with van der Waals surface area (Å²) >= 11 is 0. The van der Waals surface area contributed by atoms with Crippen LogP contribution in [0.4, 0.5) is 4.79 Å². The molecule has 1 unspecified atom stereocenters. The fourth-order valence-corrected chi connectivity index (χ4v) is 1.61. The van der Waals surface area contributed by atoms with E-state index in [0.29, 0.717) is 13.2 Å². The minimum atomic E-state index is -0.985. The second-order valence-corrected chi connectivity index (χ2v) is 4.39. The van der Waals surface area contributed by atoms with Gasteiger partial charge in [0.15, 0.2) is 0 Å². The summed E-state index contributed by atoms with van der Waals surface area (Å²) in [6.45, 7) is 5.07. The van der Waals surface area contributed by atoms with Gasteiger partial charge in [-0.1, -0.05) is 12.1 Å². The zero-order valence-corrected chi connectivity index (χ0v) is 11.7. The van der Waals surface area contributed by atoms with Crippen molar-refractivity contribution >= 4 is 12.0 Å². The molecule has 0 aliphatic carbocycles. The molecule has 0 radical (unpaired) electrons. The van der Waals surface area contributed by atoms with Gasteiger partial charge in [-0.25, -0.2) is 9.59 Å². The Morgan fingerprint density at radius 2 is 2.15 bits per heavy atom. The molecule has 3 N–H and O–H groups in total. The first-order valence-corrected chi connectivity index (χ1v) is 6.47. The highest BCUT2D eigenvalue weighted by Gasteiger charge is 2.07. The predicted octanol–water partition coefficient (Wildman–Crippen LogP) is 1.61. The van der Waals surface area contributed by atoms with E-state index in [0.717, 1.165) is 5.56 Å². The van der Waals surface area contributed by atoms with E-state index in [4.69, 9.17) is 9.84 Å². The van der Waals surface area contributed by atoms with Crippen LogP contribution in [0.25, 0.3) is 0 Å². The molecule has 0 heterocycles. The van der Waals surface area contributed by atoms with Gasteiger partial charge in [-0.05, 0) is 31.5 Å². The summed E-state index contributed by atoms with van der Waals surface area (Å²) in [7, 11) is 0. The molecule has 6 nitrogen and oxygen atoms in total. The molecule has 110 valence electrons. The van der Waals surface area contributed by atoms with Crippen LogP contribution < -0.4 is 10.6 Å². The summed E-state index contributed by atoms with van der Waals surface area (Å²) in [5.41, 5.74) is 0.937. The maximum Gasteiger partial charge on any atom is 0.335 e. The largest absolute Gasteiger partial charge is 0.478 e. The Morgan fingerprint density at radius 1 is 1.40 bits per heavy atom. The molecule has 0 fully saturated rings. The molecule has 0 spiro atoms. The molecule has 1 rings (SSSR count). The van der Waals surface area contributed by atoms with Gasteiger partial charge in [-0.2, -0.15) is 0 Å². The summed E-state index contributed by atoms with van der Waals surface area (Å²) in [5, 5.41) is 14.3. The Morgan fingerprint density at radius 3 is 2.80 bits per heavy atom. The molecular weight excluding hydrogens is 260 g/mol. The maximum absolute atomic E-state index is 11.6. The van der Waals surface area contributed by atoms with Gasteiger partial charge in [-0.3, -0.25) is 0 Å². The first-order valence-electron chi connectivity index (χ1n) is 6.47. The van der Waals surface area contributed by atoms with Gasteiger partial charge in [0.1, 0.15) is 0 Å². The smallest absolute Gasteiger partial charge is 0.335 e. The third-order valence-electron chi connectivity index (χ3n) is 2.58. The molecular formula is C14H20N2O4. The molecule has 0 saturated carbocycles. The van der Waals surface area contributed by atoms with Crippen molar-refractivity contribution in [1.82, 2.24) is 10.6 Å². The molecule has 20 heavy (non-hydrogen) atoms. The monoisotopic (exact) mass is 280 g/mol. The lowest BCUT2D eigenvalue weighted by Gasteiger charge is -2.14. The van der Waals surface area contributed by atoms with Crippen LogP contribution in [0.3, 0.4) is 0 Å². The number of carboxylic acids is 1. The van der Waals surface area contributed by atoms with E-state index in [1.807, 2.05) is 13.8 Å². The predicted molar refractivity (Wildman–Crippen MR) is 74.7 cm³/mol. The SMILES string of the molecule is CCOCC(C)NC(=O)NCc1cccc(C(=O)O)c1. The molecule has 0 saturated heterocycles. The van der Waals surface area contributed by atoms with E-state index in [2.05, 4.69) is 10.6 Å². The number of hydrogen-bond donors (Lipinski definition) is 3. The second-order valence-electron chi connectivity index (χ2n) is 4.39. The van der Waals surface area contributed by atoms with Crippen molar-refractivity contribution in [3.8, 4) is 0 Å². The van der Waals surface area contributed by atoms with Gasteiger partial charge < -0.3 is 20.5 Å². The molecule has 0 aromatic heterocycles. The van der Waals surface area contributed by atoms with Crippen molar-refractivity contribution < 1.29 is 19.4 Å². The van der Waals surface area contributed by atoms with Gasteiger partial charge >= 0.3 is 12.0 Å². The van der Waals surface area contributed by atoms with E-state index in [1.165, 1.54) is 12.1 Å². The Bertz CT molecular complexity index is 462. The summed E-state index contributed by atoms with van der Waals surface area (Å²) in [6, 6.07) is 6.06. The normalized spacial score (nSPS) is 11.7. The summed E-state index contributed by atoms with van der Waals surface area (Å²) in [6.07, 6.45) is 0. The molecule has 1 atom stereocenters. The van der Waals surface area contributed by atoms with Crippen LogP contribution in [0.1, 0.15) is 29.8 Å². The van der Waals surface area contributed by atoms with Crippen LogP contribution in [-0.4, -0.2) is 36.4 Å². The molecule has 0 bridgehead atoms. The zero-order valence-electron chi connectivity index (χ0n) is 11.7. The van der Waals surface area contributed by atoms with E-state index in [-0.39, 0.29) is 24.2 Å². The van der Waals surface area contributed by atoms with Crippen LogP contribution in [0.5, 0.6) is 0 Å². The molecule has 0 aliphatic rings. The number of hydrogen-bond acceptors (Lipinski definition) is 3. The second kappa shape index (κ2) is 8.16. The lowest BCUT2D eigenvalue weighted by Crippen LogP contribution is -2.42. The van der Waals surface area contributed by atoms with Crippen LogP contribution in [0.15, 0.2) is 24.3 Å². The maximum atomic E-state index is 11.6. The number of carboxylic acid groups (broad SMARTS) is 1. The number of carbonyl (C=O) groups is 2. The van der Waals surface area contributed by atoms with Crippen LogP contribution >= 0.6 is 0 Å². The van der Waals surface area contributed by atoms with Crippen molar-refractivity contribution in [3.05, 3.63) is 35.4 Å². The van der Waals surface area contributed by atoms with Crippen molar-refractivity contribution in [3.63, 3.8) is 0 Å². The average molecular weight is 280 g/mol. The van der Waals surface area contributed by atoms with Crippen molar-refractivity contribution in [2.24, 2.45) is 0 Å². The summed E-state index contributed by atoms with van der Waals surface area (Å²) in [5.74, 6) is -0.985. The molecule has 0 aliphatic heterocycles. The van der Waals surface area contributed by atoms with Gasteiger partial charge in [0.05, 0.1) is 18.2 Å². The fraction of sp³-hybridized carbons (Fsp3) is 0.429. The first-order chi connectivity index (χ1) is 9.52. The highest BCUT2D eigenvalue weighted by Crippen LogP contribution is 2.04.